The lowest BCUT2D eigenvalue weighted by Crippen LogP contribution is -2.40. The van der Waals surface area contributed by atoms with Gasteiger partial charge in [-0.2, -0.15) is 0 Å². The van der Waals surface area contributed by atoms with Gasteiger partial charge in [0.2, 0.25) is 0 Å². The summed E-state index contributed by atoms with van der Waals surface area (Å²) in [5.41, 5.74) is 5.98. The zero-order valence-corrected chi connectivity index (χ0v) is 13.7. The Balaban J connectivity index is 1.91. The number of nitrogens with one attached hydrogen (secondary N) is 2. The quantitative estimate of drug-likeness (QED) is 0.667. The van der Waals surface area contributed by atoms with E-state index in [9.17, 15) is 14.0 Å². The number of hydrazine groups is 1. The van der Waals surface area contributed by atoms with Crippen LogP contribution in [0.4, 0.5) is 4.39 Å². The Hall–Kier alpha value is -2.47. The molecule has 0 fully saturated rings. The van der Waals surface area contributed by atoms with Gasteiger partial charge in [0.25, 0.3) is 11.8 Å². The summed E-state index contributed by atoms with van der Waals surface area (Å²) in [5, 5.41) is 0. The molecule has 0 saturated carbocycles. The summed E-state index contributed by atoms with van der Waals surface area (Å²) in [5.74, 6) is -1.32. The molecule has 0 saturated heterocycles. The van der Waals surface area contributed by atoms with Crippen LogP contribution in [0.5, 0.6) is 0 Å². The second kappa shape index (κ2) is 7.69. The fourth-order valence-electron chi connectivity index (χ4n) is 1.98. The normalized spacial score (nSPS) is 10.7. The third-order valence-electron chi connectivity index (χ3n) is 3.18. The smallest absolute Gasteiger partial charge is 0.268 e. The van der Waals surface area contributed by atoms with Crippen molar-refractivity contribution in [3.8, 4) is 0 Å². The SMILES string of the molecule is CCc1sc(C(=O)NNC(=O)/C=C/c2ccccc2F)cc1C. The summed E-state index contributed by atoms with van der Waals surface area (Å²) in [7, 11) is 0. The molecule has 1 heterocycles. The number of rotatable bonds is 4. The number of hydrogen-bond donors (Lipinski definition) is 2. The Labute approximate surface area is 138 Å². The van der Waals surface area contributed by atoms with Crippen molar-refractivity contribution in [3.05, 3.63) is 63.1 Å². The number of hydrogen-bond acceptors (Lipinski definition) is 3. The fourth-order valence-corrected chi connectivity index (χ4v) is 2.99. The van der Waals surface area contributed by atoms with Gasteiger partial charge in [-0.05, 0) is 37.1 Å². The van der Waals surface area contributed by atoms with E-state index >= 15 is 0 Å². The Morgan fingerprint density at radius 3 is 2.65 bits per heavy atom. The van der Waals surface area contributed by atoms with E-state index in [0.717, 1.165) is 22.9 Å². The number of halogens is 1. The van der Waals surface area contributed by atoms with Crippen molar-refractivity contribution in [1.29, 1.82) is 0 Å². The van der Waals surface area contributed by atoms with Crippen LogP contribution in [0.3, 0.4) is 0 Å². The first-order valence-electron chi connectivity index (χ1n) is 7.13. The Morgan fingerprint density at radius 1 is 1.26 bits per heavy atom. The molecule has 0 radical (unpaired) electrons. The molecule has 4 nitrogen and oxygen atoms in total. The zero-order chi connectivity index (χ0) is 16.8. The van der Waals surface area contributed by atoms with Gasteiger partial charge in [-0.3, -0.25) is 20.4 Å². The molecule has 0 aliphatic carbocycles. The molecule has 23 heavy (non-hydrogen) atoms. The van der Waals surface area contributed by atoms with Crippen molar-refractivity contribution in [2.24, 2.45) is 0 Å². The average molecular weight is 332 g/mol. The molecule has 120 valence electrons. The standard InChI is InChI=1S/C17H17FN2O2S/c1-3-14-11(2)10-15(23-14)17(22)20-19-16(21)9-8-12-6-4-5-7-13(12)18/h4-10H,3H2,1-2H3,(H,19,21)(H,20,22)/b9-8+. The topological polar surface area (TPSA) is 58.2 Å². The van der Waals surface area contributed by atoms with Crippen LogP contribution >= 0.6 is 11.3 Å². The first kappa shape index (κ1) is 16.9. The van der Waals surface area contributed by atoms with E-state index < -0.39 is 11.7 Å². The van der Waals surface area contributed by atoms with Gasteiger partial charge in [0.15, 0.2) is 0 Å². The number of thiophene rings is 1. The zero-order valence-electron chi connectivity index (χ0n) is 12.9. The van der Waals surface area contributed by atoms with Gasteiger partial charge in [0.05, 0.1) is 4.88 Å². The summed E-state index contributed by atoms with van der Waals surface area (Å²) in [6.45, 7) is 3.97. The molecule has 1 aromatic heterocycles. The summed E-state index contributed by atoms with van der Waals surface area (Å²) in [4.78, 5) is 25.3. The maximum atomic E-state index is 13.4. The molecule has 2 aromatic rings. The van der Waals surface area contributed by atoms with Crippen molar-refractivity contribution in [2.45, 2.75) is 20.3 Å². The van der Waals surface area contributed by atoms with Crippen molar-refractivity contribution >= 4 is 29.2 Å². The molecule has 2 amide bonds. The van der Waals surface area contributed by atoms with E-state index in [0.29, 0.717) is 10.4 Å². The first-order valence-corrected chi connectivity index (χ1v) is 7.95. The van der Waals surface area contributed by atoms with Gasteiger partial charge in [0.1, 0.15) is 5.82 Å². The second-order valence-electron chi connectivity index (χ2n) is 4.87. The highest BCUT2D eigenvalue weighted by atomic mass is 32.1. The minimum absolute atomic E-state index is 0.301. The van der Waals surface area contributed by atoms with E-state index in [1.165, 1.54) is 23.5 Å². The van der Waals surface area contributed by atoms with E-state index in [1.54, 1.807) is 24.3 Å². The van der Waals surface area contributed by atoms with Crippen molar-refractivity contribution in [3.63, 3.8) is 0 Å². The molecule has 2 N–H and O–H groups in total. The molecule has 0 atom stereocenters. The number of aryl methyl sites for hydroxylation is 2. The maximum absolute atomic E-state index is 13.4. The van der Waals surface area contributed by atoms with Gasteiger partial charge < -0.3 is 0 Å². The molecule has 2 rings (SSSR count). The minimum Gasteiger partial charge on any atom is -0.268 e. The van der Waals surface area contributed by atoms with Crippen molar-refractivity contribution in [2.75, 3.05) is 0 Å². The number of benzene rings is 1. The molecule has 0 spiro atoms. The van der Waals surface area contributed by atoms with Crippen LogP contribution in [-0.4, -0.2) is 11.8 Å². The molecule has 1 aromatic carbocycles. The largest absolute Gasteiger partial charge is 0.279 e. The van der Waals surface area contributed by atoms with Crippen LogP contribution in [-0.2, 0) is 11.2 Å². The average Bonchev–Trinajstić information content (AvgIpc) is 2.93. The third kappa shape index (κ3) is 4.50. The van der Waals surface area contributed by atoms with Crippen LogP contribution in [0.15, 0.2) is 36.4 Å². The Kier molecular flexibility index (Phi) is 5.65. The highest BCUT2D eigenvalue weighted by molar-refractivity contribution is 7.14. The molecular weight excluding hydrogens is 315 g/mol. The third-order valence-corrected chi connectivity index (χ3v) is 4.56. The molecule has 0 bridgehead atoms. The van der Waals surface area contributed by atoms with Crippen LogP contribution in [0, 0.1) is 12.7 Å². The fraction of sp³-hybridized carbons (Fsp3) is 0.176. The molecule has 6 heteroatoms. The van der Waals surface area contributed by atoms with Crippen molar-refractivity contribution < 1.29 is 14.0 Å². The minimum atomic E-state index is -0.536. The van der Waals surface area contributed by atoms with E-state index in [2.05, 4.69) is 10.9 Å². The summed E-state index contributed by atoms with van der Waals surface area (Å²) < 4.78 is 13.4. The molecule has 0 aliphatic heterocycles. The van der Waals surface area contributed by atoms with E-state index in [4.69, 9.17) is 0 Å². The van der Waals surface area contributed by atoms with Crippen LogP contribution < -0.4 is 10.9 Å². The number of amides is 2. The maximum Gasteiger partial charge on any atom is 0.279 e. The first-order chi connectivity index (χ1) is 11.0. The highest BCUT2D eigenvalue weighted by Gasteiger charge is 2.11. The predicted octanol–water partition coefficient (Wildman–Crippen LogP) is 3.23. The Bertz CT molecular complexity index is 753. The second-order valence-corrected chi connectivity index (χ2v) is 6.01. The van der Waals surface area contributed by atoms with Crippen molar-refractivity contribution in [1.82, 2.24) is 10.9 Å². The molecular formula is C17H17FN2O2S. The highest BCUT2D eigenvalue weighted by Crippen LogP contribution is 2.21. The summed E-state index contributed by atoms with van der Waals surface area (Å²) in [6.07, 6.45) is 3.37. The van der Waals surface area contributed by atoms with Crippen LogP contribution in [0.2, 0.25) is 0 Å². The number of carbonyl (C=O) groups excluding carboxylic acids is 2. The lowest BCUT2D eigenvalue weighted by molar-refractivity contribution is -0.117. The van der Waals surface area contributed by atoms with E-state index in [1.807, 2.05) is 13.8 Å². The van der Waals surface area contributed by atoms with Gasteiger partial charge in [-0.25, -0.2) is 4.39 Å². The summed E-state index contributed by atoms with van der Waals surface area (Å²) in [6, 6.07) is 7.90. The lowest BCUT2D eigenvalue weighted by atomic mass is 10.2. The van der Waals surface area contributed by atoms with Crippen LogP contribution in [0.1, 0.15) is 32.6 Å². The van der Waals surface area contributed by atoms with Gasteiger partial charge in [0, 0.05) is 16.5 Å². The van der Waals surface area contributed by atoms with Gasteiger partial charge >= 0.3 is 0 Å². The monoisotopic (exact) mass is 332 g/mol. The molecule has 0 unspecified atom stereocenters. The molecule has 0 aliphatic rings. The predicted molar refractivity (Wildman–Crippen MR) is 89.5 cm³/mol. The van der Waals surface area contributed by atoms with Crippen LogP contribution in [0.25, 0.3) is 6.08 Å². The Morgan fingerprint density at radius 2 is 2.00 bits per heavy atom. The summed E-state index contributed by atoms with van der Waals surface area (Å²) >= 11 is 1.40. The van der Waals surface area contributed by atoms with Gasteiger partial charge in [-0.15, -0.1) is 11.3 Å². The number of carbonyl (C=O) groups is 2. The lowest BCUT2D eigenvalue weighted by Gasteiger charge is -2.03. The van der Waals surface area contributed by atoms with Gasteiger partial charge in [-0.1, -0.05) is 25.1 Å². The van der Waals surface area contributed by atoms with E-state index in [-0.39, 0.29) is 5.91 Å².